The minimum Gasteiger partial charge on any atom is -0.492 e. The monoisotopic (exact) mass is 668 g/mol. The molecule has 41 heavy (non-hydrogen) atoms. The van der Waals surface area contributed by atoms with Gasteiger partial charge in [0.1, 0.15) is 17.1 Å². The molecule has 1 amide bonds. The van der Waals surface area contributed by atoms with Gasteiger partial charge in [-0.25, -0.2) is 19.7 Å². The van der Waals surface area contributed by atoms with E-state index in [0.29, 0.717) is 41.0 Å². The molecule has 214 valence electrons. The Kier molecular flexibility index (Phi) is 8.71. The smallest absolute Gasteiger partial charge is 0.374 e. The first-order chi connectivity index (χ1) is 19.8. The van der Waals surface area contributed by atoms with Crippen LogP contribution < -0.4 is 15.4 Å². The number of nitrogens with one attached hydrogen (secondary N) is 2. The minimum atomic E-state index is -1.21. The number of fused-ring (bicyclic) bond motifs is 1. The summed E-state index contributed by atoms with van der Waals surface area (Å²) in [6.45, 7) is 4.74. The SMILES string of the molecule is CNC(=O)CCOc1ccc(C)cc1-c1nc2nc(C(=O)O)nc(N[C@H](C)C3CC3)c2n1Cc1ccc(CI)cc1. The van der Waals surface area contributed by atoms with Crippen LogP contribution in [0.25, 0.3) is 22.6 Å². The van der Waals surface area contributed by atoms with E-state index >= 15 is 0 Å². The van der Waals surface area contributed by atoms with E-state index in [2.05, 4.69) is 74.4 Å². The third-order valence-electron chi connectivity index (χ3n) is 7.25. The maximum atomic E-state index is 12.0. The first kappa shape index (κ1) is 28.8. The van der Waals surface area contributed by atoms with Gasteiger partial charge in [-0.15, -0.1) is 0 Å². The molecule has 5 rings (SSSR count). The number of aryl methyl sites for hydroxylation is 1. The van der Waals surface area contributed by atoms with E-state index in [1.807, 2.05) is 29.7 Å². The van der Waals surface area contributed by atoms with Gasteiger partial charge in [0.05, 0.1) is 18.6 Å². The van der Waals surface area contributed by atoms with E-state index in [0.717, 1.165) is 34.0 Å². The number of amides is 1. The molecular weight excluding hydrogens is 635 g/mol. The molecule has 1 atom stereocenters. The number of benzene rings is 2. The molecule has 2 aromatic carbocycles. The van der Waals surface area contributed by atoms with Crippen LogP contribution in [0.2, 0.25) is 0 Å². The van der Waals surface area contributed by atoms with E-state index in [-0.39, 0.29) is 30.8 Å². The van der Waals surface area contributed by atoms with Crippen LogP contribution in [0.3, 0.4) is 0 Å². The van der Waals surface area contributed by atoms with Gasteiger partial charge >= 0.3 is 5.97 Å². The maximum Gasteiger partial charge on any atom is 0.374 e. The number of hydrogen-bond acceptors (Lipinski definition) is 7. The van der Waals surface area contributed by atoms with Crippen LogP contribution in [0.1, 0.15) is 53.5 Å². The van der Waals surface area contributed by atoms with Crippen LogP contribution in [-0.2, 0) is 15.8 Å². The number of nitrogens with zero attached hydrogens (tertiary/aromatic N) is 4. The van der Waals surface area contributed by atoms with Gasteiger partial charge in [0, 0.05) is 24.1 Å². The number of imidazole rings is 1. The summed E-state index contributed by atoms with van der Waals surface area (Å²) in [5.74, 6) is 0.480. The molecular formula is C30H33IN6O4. The zero-order valence-electron chi connectivity index (χ0n) is 23.3. The van der Waals surface area contributed by atoms with E-state index < -0.39 is 5.97 Å². The molecule has 0 aliphatic heterocycles. The number of aromatic carboxylic acids is 1. The Morgan fingerprint density at radius 3 is 2.51 bits per heavy atom. The van der Waals surface area contributed by atoms with Gasteiger partial charge in [0.25, 0.3) is 0 Å². The molecule has 3 N–H and O–H groups in total. The summed E-state index contributed by atoms with van der Waals surface area (Å²) in [5, 5.41) is 15.9. The molecule has 0 bridgehead atoms. The highest BCUT2D eigenvalue weighted by Crippen LogP contribution is 2.37. The fourth-order valence-corrected chi connectivity index (χ4v) is 5.27. The number of alkyl halides is 1. The number of anilines is 1. The second-order valence-electron chi connectivity index (χ2n) is 10.4. The Bertz CT molecular complexity index is 1580. The zero-order chi connectivity index (χ0) is 29.1. The lowest BCUT2D eigenvalue weighted by Gasteiger charge is -2.18. The highest BCUT2D eigenvalue weighted by atomic mass is 127. The second-order valence-corrected chi connectivity index (χ2v) is 11.1. The average molecular weight is 669 g/mol. The van der Waals surface area contributed by atoms with Crippen molar-refractivity contribution in [1.29, 1.82) is 0 Å². The standard InChI is InChI=1S/C30H33IN6O4/c1-17-4-11-23(41-13-12-24(38)32-3)22(14-17)29-36-27-25(37(29)16-20-7-5-19(15-31)6-8-20)26(33-18(2)21-9-10-21)34-28(35-27)30(39)40/h4-8,11,14,18,21H,9-10,12-13,15-16H2,1-3H3,(H,32,38)(H,39,40)(H,33,34,35)/t18-/m1/s1. The number of carbonyl (C=O) groups is 2. The van der Waals surface area contributed by atoms with Gasteiger partial charge < -0.3 is 25.0 Å². The Balaban J connectivity index is 1.68. The summed E-state index contributed by atoms with van der Waals surface area (Å²) in [5.41, 5.74) is 4.93. The normalized spacial score (nSPS) is 13.7. The van der Waals surface area contributed by atoms with Crippen molar-refractivity contribution in [2.24, 2.45) is 5.92 Å². The second kappa shape index (κ2) is 12.4. The Morgan fingerprint density at radius 1 is 1.12 bits per heavy atom. The van der Waals surface area contributed by atoms with Crippen LogP contribution in [0, 0.1) is 12.8 Å². The van der Waals surface area contributed by atoms with Gasteiger partial charge in [-0.3, -0.25) is 4.79 Å². The third kappa shape index (κ3) is 6.61. The van der Waals surface area contributed by atoms with Crippen molar-refractivity contribution in [1.82, 2.24) is 24.8 Å². The van der Waals surface area contributed by atoms with Crippen molar-refractivity contribution < 1.29 is 19.4 Å². The number of carboxylic acids is 1. The van der Waals surface area contributed by atoms with Crippen LogP contribution in [0.15, 0.2) is 42.5 Å². The molecule has 0 spiro atoms. The Morgan fingerprint density at radius 2 is 1.85 bits per heavy atom. The minimum absolute atomic E-state index is 0.113. The quantitative estimate of drug-likeness (QED) is 0.139. The zero-order valence-corrected chi connectivity index (χ0v) is 25.4. The van der Waals surface area contributed by atoms with Gasteiger partial charge in [-0.05, 0) is 55.9 Å². The predicted octanol–water partition coefficient (Wildman–Crippen LogP) is 5.21. The molecule has 1 fully saturated rings. The van der Waals surface area contributed by atoms with Gasteiger partial charge in [0.2, 0.25) is 11.7 Å². The lowest BCUT2D eigenvalue weighted by atomic mass is 10.1. The molecule has 0 saturated heterocycles. The average Bonchev–Trinajstić information content (AvgIpc) is 3.76. The van der Waals surface area contributed by atoms with E-state index in [1.165, 1.54) is 5.56 Å². The van der Waals surface area contributed by atoms with E-state index in [1.54, 1.807) is 7.05 Å². The lowest BCUT2D eigenvalue weighted by molar-refractivity contribution is -0.121. The molecule has 10 nitrogen and oxygen atoms in total. The molecule has 1 aliphatic carbocycles. The van der Waals surface area contributed by atoms with Crippen LogP contribution >= 0.6 is 22.6 Å². The van der Waals surface area contributed by atoms with E-state index in [4.69, 9.17) is 9.72 Å². The summed E-state index contributed by atoms with van der Waals surface area (Å²) in [6, 6.07) is 14.3. The highest BCUT2D eigenvalue weighted by molar-refractivity contribution is 14.1. The summed E-state index contributed by atoms with van der Waals surface area (Å²) < 4.78 is 9.03. The first-order valence-corrected chi connectivity index (χ1v) is 15.2. The summed E-state index contributed by atoms with van der Waals surface area (Å²) in [6.07, 6.45) is 2.47. The number of ether oxygens (including phenoxy) is 1. The molecule has 2 heterocycles. The Labute approximate surface area is 252 Å². The molecule has 0 radical (unpaired) electrons. The number of hydrogen-bond donors (Lipinski definition) is 3. The predicted molar refractivity (Wildman–Crippen MR) is 166 cm³/mol. The number of aromatic nitrogens is 4. The lowest BCUT2D eigenvalue weighted by Crippen LogP contribution is -2.20. The van der Waals surface area contributed by atoms with Gasteiger partial charge in [-0.2, -0.15) is 0 Å². The molecule has 11 heteroatoms. The summed E-state index contributed by atoms with van der Waals surface area (Å²) >= 11 is 2.34. The van der Waals surface area contributed by atoms with Crippen molar-refractivity contribution in [3.8, 4) is 17.1 Å². The van der Waals surface area contributed by atoms with E-state index in [9.17, 15) is 14.7 Å². The first-order valence-electron chi connectivity index (χ1n) is 13.6. The number of halogens is 1. The van der Waals surface area contributed by atoms with Crippen molar-refractivity contribution >= 4 is 51.4 Å². The summed E-state index contributed by atoms with van der Waals surface area (Å²) in [4.78, 5) is 37.5. The summed E-state index contributed by atoms with van der Waals surface area (Å²) in [7, 11) is 1.59. The van der Waals surface area contributed by atoms with Gasteiger partial charge in [0.15, 0.2) is 11.5 Å². The number of carboxylic acid groups (broad SMARTS) is 1. The molecule has 1 saturated carbocycles. The highest BCUT2D eigenvalue weighted by Gasteiger charge is 2.30. The maximum absolute atomic E-state index is 12.0. The fraction of sp³-hybridized carbons (Fsp3) is 0.367. The molecule has 4 aromatic rings. The fourth-order valence-electron chi connectivity index (χ4n) is 4.76. The Hall–Kier alpha value is -3.74. The van der Waals surface area contributed by atoms with Crippen LogP contribution in [-0.4, -0.2) is 56.2 Å². The van der Waals surface area contributed by atoms with Crippen molar-refractivity contribution in [2.45, 2.75) is 50.1 Å². The largest absolute Gasteiger partial charge is 0.492 e. The molecule has 0 unspecified atom stereocenters. The molecule has 1 aliphatic rings. The van der Waals surface area contributed by atoms with Crippen molar-refractivity contribution in [2.75, 3.05) is 19.0 Å². The van der Waals surface area contributed by atoms with Gasteiger partial charge in [-0.1, -0.05) is 58.5 Å². The van der Waals surface area contributed by atoms with Crippen molar-refractivity contribution in [3.05, 3.63) is 65.0 Å². The number of rotatable bonds is 12. The van der Waals surface area contributed by atoms with Crippen LogP contribution in [0.4, 0.5) is 5.82 Å². The third-order valence-corrected chi connectivity index (χ3v) is 8.13. The van der Waals surface area contributed by atoms with Crippen LogP contribution in [0.5, 0.6) is 5.75 Å². The number of carbonyl (C=O) groups excluding carboxylic acids is 1. The molecule has 2 aromatic heterocycles. The topological polar surface area (TPSA) is 131 Å². The van der Waals surface area contributed by atoms with Crippen molar-refractivity contribution in [3.63, 3.8) is 0 Å².